The number of hydrogen-bond acceptors (Lipinski definition) is 5. The summed E-state index contributed by atoms with van der Waals surface area (Å²) in [6.07, 6.45) is 0.646. The lowest BCUT2D eigenvalue weighted by Gasteiger charge is -2.23. The van der Waals surface area contributed by atoms with E-state index in [9.17, 15) is 9.59 Å². The predicted molar refractivity (Wildman–Crippen MR) is 81.1 cm³/mol. The van der Waals surface area contributed by atoms with Crippen molar-refractivity contribution in [2.75, 3.05) is 7.11 Å². The van der Waals surface area contributed by atoms with Gasteiger partial charge in [-0.25, -0.2) is 4.98 Å². The molecule has 0 aliphatic rings. The van der Waals surface area contributed by atoms with Gasteiger partial charge in [-0.3, -0.25) is 14.9 Å². The second kappa shape index (κ2) is 7.36. The van der Waals surface area contributed by atoms with Gasteiger partial charge in [-0.05, 0) is 33.1 Å². The van der Waals surface area contributed by atoms with Crippen LogP contribution < -0.4 is 10.9 Å². The highest BCUT2D eigenvalue weighted by Gasteiger charge is 2.24. The van der Waals surface area contributed by atoms with E-state index >= 15 is 0 Å². The predicted octanol–water partition coefficient (Wildman–Crippen LogP) is 1.63. The van der Waals surface area contributed by atoms with E-state index in [4.69, 9.17) is 4.74 Å². The van der Waals surface area contributed by atoms with Crippen molar-refractivity contribution >= 4 is 5.97 Å². The maximum atomic E-state index is 12.1. The summed E-state index contributed by atoms with van der Waals surface area (Å²) in [6.45, 7) is 9.46. The number of aromatic nitrogens is 2. The maximum absolute atomic E-state index is 12.1. The Labute approximate surface area is 125 Å². The van der Waals surface area contributed by atoms with E-state index in [2.05, 4.69) is 15.3 Å². The third kappa shape index (κ3) is 4.67. The molecule has 0 aliphatic heterocycles. The van der Waals surface area contributed by atoms with Crippen molar-refractivity contribution in [3.8, 4) is 0 Å². The molecule has 1 aromatic heterocycles. The number of aryl methyl sites for hydroxylation is 2. The van der Waals surface area contributed by atoms with Gasteiger partial charge >= 0.3 is 5.97 Å². The second-order valence-electron chi connectivity index (χ2n) is 5.74. The number of ether oxygens (including phenoxy) is 1. The van der Waals surface area contributed by atoms with Crippen LogP contribution in [0.4, 0.5) is 0 Å². The Hall–Kier alpha value is -1.69. The molecule has 2 unspecified atom stereocenters. The van der Waals surface area contributed by atoms with Crippen molar-refractivity contribution < 1.29 is 9.53 Å². The van der Waals surface area contributed by atoms with Crippen LogP contribution in [-0.2, 0) is 9.53 Å². The quantitative estimate of drug-likeness (QED) is 0.779. The SMILES string of the molecule is COC(=O)C(CC(C)C)NC(C)c1c(C)nc(C)[nH]c1=O. The second-order valence-corrected chi connectivity index (χ2v) is 5.74. The van der Waals surface area contributed by atoms with Crippen LogP contribution in [-0.4, -0.2) is 29.1 Å². The fourth-order valence-electron chi connectivity index (χ4n) is 2.48. The molecular formula is C15H25N3O3. The number of esters is 1. The van der Waals surface area contributed by atoms with Gasteiger partial charge in [0.2, 0.25) is 0 Å². The fourth-order valence-corrected chi connectivity index (χ4v) is 2.48. The van der Waals surface area contributed by atoms with Crippen molar-refractivity contribution in [1.29, 1.82) is 0 Å². The number of H-pyrrole nitrogens is 1. The summed E-state index contributed by atoms with van der Waals surface area (Å²) in [5.74, 6) is 0.606. The van der Waals surface area contributed by atoms with Crippen LogP contribution in [0.5, 0.6) is 0 Å². The molecule has 6 heteroatoms. The van der Waals surface area contributed by atoms with Crippen LogP contribution in [0.15, 0.2) is 4.79 Å². The lowest BCUT2D eigenvalue weighted by Crippen LogP contribution is -2.41. The maximum Gasteiger partial charge on any atom is 0.322 e. The first kappa shape index (κ1) is 17.4. The Morgan fingerprint density at radius 2 is 1.95 bits per heavy atom. The zero-order valence-corrected chi connectivity index (χ0v) is 13.6. The van der Waals surface area contributed by atoms with Gasteiger partial charge in [0.1, 0.15) is 11.9 Å². The summed E-state index contributed by atoms with van der Waals surface area (Å²) >= 11 is 0. The van der Waals surface area contributed by atoms with Gasteiger partial charge < -0.3 is 9.72 Å². The molecule has 1 aromatic rings. The third-order valence-electron chi connectivity index (χ3n) is 3.34. The van der Waals surface area contributed by atoms with E-state index in [1.165, 1.54) is 7.11 Å². The number of nitrogens with zero attached hydrogens (tertiary/aromatic N) is 1. The minimum absolute atomic E-state index is 0.173. The largest absolute Gasteiger partial charge is 0.468 e. The van der Waals surface area contributed by atoms with E-state index in [0.29, 0.717) is 29.4 Å². The van der Waals surface area contributed by atoms with Gasteiger partial charge in [-0.2, -0.15) is 0 Å². The molecule has 0 amide bonds. The van der Waals surface area contributed by atoms with Crippen LogP contribution in [0.25, 0.3) is 0 Å². The molecule has 0 aliphatic carbocycles. The average molecular weight is 295 g/mol. The number of nitrogens with one attached hydrogen (secondary N) is 2. The molecule has 0 spiro atoms. The summed E-state index contributed by atoms with van der Waals surface area (Å²) in [6, 6.07) is -0.727. The molecule has 21 heavy (non-hydrogen) atoms. The zero-order valence-electron chi connectivity index (χ0n) is 13.6. The molecule has 6 nitrogen and oxygen atoms in total. The molecule has 1 rings (SSSR count). The molecule has 0 bridgehead atoms. The molecule has 0 fully saturated rings. The highest BCUT2D eigenvalue weighted by atomic mass is 16.5. The average Bonchev–Trinajstić information content (AvgIpc) is 2.35. The number of aromatic amines is 1. The topological polar surface area (TPSA) is 84.1 Å². The summed E-state index contributed by atoms with van der Waals surface area (Å²) in [7, 11) is 1.37. The van der Waals surface area contributed by atoms with Crippen molar-refractivity contribution in [2.24, 2.45) is 5.92 Å². The molecule has 118 valence electrons. The van der Waals surface area contributed by atoms with Gasteiger partial charge in [-0.15, -0.1) is 0 Å². The van der Waals surface area contributed by atoms with Gasteiger partial charge in [0.05, 0.1) is 12.7 Å². The van der Waals surface area contributed by atoms with Gasteiger partial charge in [0.25, 0.3) is 5.56 Å². The van der Waals surface area contributed by atoms with Gasteiger partial charge in [0.15, 0.2) is 0 Å². The molecule has 2 N–H and O–H groups in total. The Kier molecular flexibility index (Phi) is 6.08. The van der Waals surface area contributed by atoms with Crippen molar-refractivity contribution in [2.45, 2.75) is 53.1 Å². The number of carbonyl (C=O) groups excluding carboxylic acids is 1. The van der Waals surface area contributed by atoms with Gasteiger partial charge in [0, 0.05) is 11.7 Å². The molecule has 1 heterocycles. The first-order chi connectivity index (χ1) is 9.76. The minimum atomic E-state index is -0.440. The molecular weight excluding hydrogens is 270 g/mol. The Balaban J connectivity index is 2.99. The number of hydrogen-bond donors (Lipinski definition) is 2. The van der Waals surface area contributed by atoms with Crippen molar-refractivity contribution in [3.63, 3.8) is 0 Å². The van der Waals surface area contributed by atoms with E-state index < -0.39 is 6.04 Å². The van der Waals surface area contributed by atoms with Crippen LogP contribution >= 0.6 is 0 Å². The lowest BCUT2D eigenvalue weighted by molar-refractivity contribution is -0.143. The zero-order chi connectivity index (χ0) is 16.2. The van der Waals surface area contributed by atoms with Crippen molar-refractivity contribution in [1.82, 2.24) is 15.3 Å². The minimum Gasteiger partial charge on any atom is -0.468 e. The first-order valence-corrected chi connectivity index (χ1v) is 7.17. The summed E-state index contributed by atoms with van der Waals surface area (Å²) in [4.78, 5) is 30.9. The van der Waals surface area contributed by atoms with Crippen LogP contribution in [0.2, 0.25) is 0 Å². The van der Waals surface area contributed by atoms with E-state index in [1.807, 2.05) is 20.8 Å². The monoisotopic (exact) mass is 295 g/mol. The molecule has 0 radical (unpaired) electrons. The first-order valence-electron chi connectivity index (χ1n) is 7.17. The standard InChI is InChI=1S/C15H25N3O3/c1-8(2)7-12(15(20)21-6)17-10(4)13-9(3)16-11(5)18-14(13)19/h8,10,12,17H,7H2,1-6H3,(H,16,18,19). The van der Waals surface area contributed by atoms with E-state index in [1.54, 1.807) is 13.8 Å². The third-order valence-corrected chi connectivity index (χ3v) is 3.34. The van der Waals surface area contributed by atoms with Crippen LogP contribution in [0.3, 0.4) is 0 Å². The Morgan fingerprint density at radius 1 is 1.33 bits per heavy atom. The fraction of sp³-hybridized carbons (Fsp3) is 0.667. The van der Waals surface area contributed by atoms with E-state index in [-0.39, 0.29) is 17.6 Å². The highest BCUT2D eigenvalue weighted by molar-refractivity contribution is 5.75. The smallest absolute Gasteiger partial charge is 0.322 e. The Bertz CT molecular complexity index is 552. The van der Waals surface area contributed by atoms with E-state index in [0.717, 1.165) is 0 Å². The van der Waals surface area contributed by atoms with Gasteiger partial charge in [-0.1, -0.05) is 13.8 Å². The molecule has 0 saturated heterocycles. The van der Waals surface area contributed by atoms with Crippen LogP contribution in [0, 0.1) is 19.8 Å². The van der Waals surface area contributed by atoms with Crippen molar-refractivity contribution in [3.05, 3.63) is 27.4 Å². The normalized spacial score (nSPS) is 14.0. The lowest BCUT2D eigenvalue weighted by atomic mass is 10.0. The Morgan fingerprint density at radius 3 is 2.43 bits per heavy atom. The summed E-state index contributed by atoms with van der Waals surface area (Å²) in [5, 5.41) is 3.18. The van der Waals surface area contributed by atoms with Crippen LogP contribution in [0.1, 0.15) is 50.3 Å². The molecule has 0 aromatic carbocycles. The number of carbonyl (C=O) groups is 1. The highest BCUT2D eigenvalue weighted by Crippen LogP contribution is 2.15. The number of methoxy groups -OCH3 is 1. The molecule has 0 saturated carbocycles. The summed E-state index contributed by atoms with van der Waals surface area (Å²) < 4.78 is 4.83. The summed E-state index contributed by atoms with van der Waals surface area (Å²) in [5.41, 5.74) is 1.05. The molecule has 2 atom stereocenters. The number of rotatable bonds is 6.